The van der Waals surface area contributed by atoms with Crippen molar-refractivity contribution in [2.45, 2.75) is 12.3 Å². The van der Waals surface area contributed by atoms with Crippen LogP contribution in [0.5, 0.6) is 11.5 Å². The first-order chi connectivity index (χ1) is 9.44. The lowest BCUT2D eigenvalue weighted by molar-refractivity contribution is -0.0321. The van der Waals surface area contributed by atoms with Crippen LogP contribution in [0.2, 0.25) is 0 Å². The molecule has 0 aliphatic carbocycles. The second-order valence-electron chi connectivity index (χ2n) is 4.55. The molecular weight excluding hydrogens is 332 g/mol. The molecule has 3 nitrogen and oxygen atoms in total. The number of halogens is 3. The zero-order chi connectivity index (χ0) is 15.2. The molecule has 0 atom stereocenters. The van der Waals surface area contributed by atoms with Gasteiger partial charge in [0.1, 0.15) is 0 Å². The molecule has 0 radical (unpaired) electrons. The smallest absolute Gasteiger partial charge is 0.285 e. The van der Waals surface area contributed by atoms with E-state index in [1.807, 2.05) is 0 Å². The van der Waals surface area contributed by atoms with Gasteiger partial charge in [0.2, 0.25) is 0 Å². The highest BCUT2D eigenvalue weighted by Gasteiger charge is 2.33. The number of alkyl halides is 3. The molecular formula is C14H20BrF2NO2. The van der Waals surface area contributed by atoms with Crippen LogP contribution in [0.3, 0.4) is 0 Å². The molecule has 0 aliphatic heterocycles. The summed E-state index contributed by atoms with van der Waals surface area (Å²) < 4.78 is 38.6. The Labute approximate surface area is 127 Å². The van der Waals surface area contributed by atoms with Gasteiger partial charge in [-0.2, -0.15) is 8.78 Å². The highest BCUT2D eigenvalue weighted by Crippen LogP contribution is 2.35. The van der Waals surface area contributed by atoms with Crippen molar-refractivity contribution < 1.29 is 18.3 Å². The molecule has 1 aromatic rings. The second kappa shape index (κ2) is 7.78. The van der Waals surface area contributed by atoms with Crippen LogP contribution in [0.4, 0.5) is 8.78 Å². The zero-order valence-electron chi connectivity index (χ0n) is 12.0. The molecule has 0 saturated heterocycles. The van der Waals surface area contributed by atoms with Crippen molar-refractivity contribution in [1.29, 1.82) is 0 Å². The molecule has 0 fully saturated rings. The third-order valence-electron chi connectivity index (χ3n) is 2.95. The molecule has 0 N–H and O–H groups in total. The van der Waals surface area contributed by atoms with E-state index in [0.717, 1.165) is 11.8 Å². The van der Waals surface area contributed by atoms with Gasteiger partial charge in [0.05, 0.1) is 20.8 Å². The number of hydrogen-bond acceptors (Lipinski definition) is 3. The molecule has 0 amide bonds. The van der Waals surface area contributed by atoms with Gasteiger partial charge in [-0.15, -0.1) is 0 Å². The van der Waals surface area contributed by atoms with Crippen LogP contribution in [0, 0.1) is 0 Å². The second-order valence-corrected chi connectivity index (χ2v) is 5.35. The molecule has 0 saturated carbocycles. The Morgan fingerprint density at radius 1 is 1.20 bits per heavy atom. The molecule has 1 aromatic carbocycles. The maximum atomic E-state index is 14.2. The number of rotatable bonds is 8. The number of benzene rings is 1. The van der Waals surface area contributed by atoms with Crippen molar-refractivity contribution in [1.82, 2.24) is 4.90 Å². The average Bonchev–Trinajstić information content (AvgIpc) is 2.43. The Kier molecular flexibility index (Phi) is 6.68. The SMILES string of the molecule is COc1ccc(C(F)(F)CN(C)CCCBr)cc1OC. The third-order valence-corrected chi connectivity index (χ3v) is 3.51. The van der Waals surface area contributed by atoms with Crippen LogP contribution < -0.4 is 9.47 Å². The van der Waals surface area contributed by atoms with Crippen molar-refractivity contribution in [2.75, 3.05) is 39.7 Å². The summed E-state index contributed by atoms with van der Waals surface area (Å²) in [6, 6.07) is 4.21. The van der Waals surface area contributed by atoms with Gasteiger partial charge in [0.15, 0.2) is 11.5 Å². The highest BCUT2D eigenvalue weighted by atomic mass is 79.9. The third kappa shape index (κ3) is 4.59. The van der Waals surface area contributed by atoms with Gasteiger partial charge in [0, 0.05) is 10.9 Å². The fourth-order valence-electron chi connectivity index (χ4n) is 1.90. The lowest BCUT2D eigenvalue weighted by Crippen LogP contribution is -2.33. The number of likely N-dealkylation sites (N-methyl/N-ethyl adjacent to an activating group) is 1. The average molecular weight is 352 g/mol. The fraction of sp³-hybridized carbons (Fsp3) is 0.571. The van der Waals surface area contributed by atoms with Gasteiger partial charge in [-0.3, -0.25) is 0 Å². The molecule has 114 valence electrons. The Morgan fingerprint density at radius 2 is 1.85 bits per heavy atom. The number of hydrogen-bond donors (Lipinski definition) is 0. The minimum Gasteiger partial charge on any atom is -0.493 e. The predicted molar refractivity (Wildman–Crippen MR) is 79.3 cm³/mol. The Balaban J connectivity index is 2.85. The predicted octanol–water partition coefficient (Wildman–Crippen LogP) is 3.51. The summed E-state index contributed by atoms with van der Waals surface area (Å²) in [5.41, 5.74) is -0.0687. The van der Waals surface area contributed by atoms with Crippen LogP contribution in [-0.4, -0.2) is 44.6 Å². The molecule has 1 rings (SSSR count). The summed E-state index contributed by atoms with van der Waals surface area (Å²) in [4.78, 5) is 1.62. The van der Waals surface area contributed by atoms with Crippen LogP contribution in [-0.2, 0) is 5.92 Å². The maximum Gasteiger partial charge on any atom is 0.285 e. The molecule has 0 heterocycles. The maximum absolute atomic E-state index is 14.2. The molecule has 20 heavy (non-hydrogen) atoms. The van der Waals surface area contributed by atoms with Crippen LogP contribution >= 0.6 is 15.9 Å². The van der Waals surface area contributed by atoms with E-state index in [2.05, 4.69) is 15.9 Å². The topological polar surface area (TPSA) is 21.7 Å². The summed E-state index contributed by atoms with van der Waals surface area (Å²) in [7, 11) is 4.60. The summed E-state index contributed by atoms with van der Waals surface area (Å²) >= 11 is 3.29. The molecule has 6 heteroatoms. The van der Waals surface area contributed by atoms with Crippen molar-refractivity contribution in [3.63, 3.8) is 0 Å². The quantitative estimate of drug-likeness (QED) is 0.669. The van der Waals surface area contributed by atoms with Gasteiger partial charge in [-0.1, -0.05) is 15.9 Å². The Bertz CT molecular complexity index is 430. The molecule has 0 unspecified atom stereocenters. The monoisotopic (exact) mass is 351 g/mol. The lowest BCUT2D eigenvalue weighted by Gasteiger charge is -2.24. The van der Waals surface area contributed by atoms with Crippen LogP contribution in [0.25, 0.3) is 0 Å². The minimum atomic E-state index is -2.93. The van der Waals surface area contributed by atoms with Crippen molar-refractivity contribution in [3.8, 4) is 11.5 Å². The number of methoxy groups -OCH3 is 2. The largest absolute Gasteiger partial charge is 0.493 e. The van der Waals surface area contributed by atoms with E-state index in [0.29, 0.717) is 18.0 Å². The van der Waals surface area contributed by atoms with Gasteiger partial charge in [-0.05, 0) is 38.2 Å². The molecule has 0 aromatic heterocycles. The van der Waals surface area contributed by atoms with Crippen LogP contribution in [0.1, 0.15) is 12.0 Å². The summed E-state index contributed by atoms with van der Waals surface area (Å²) in [6.07, 6.45) is 0.832. The molecule has 0 bridgehead atoms. The number of ether oxygens (including phenoxy) is 2. The van der Waals surface area contributed by atoms with E-state index < -0.39 is 5.92 Å². The van der Waals surface area contributed by atoms with Crippen molar-refractivity contribution in [3.05, 3.63) is 23.8 Å². The van der Waals surface area contributed by atoms with Crippen molar-refractivity contribution in [2.24, 2.45) is 0 Å². The Hall–Kier alpha value is -0.880. The van der Waals surface area contributed by atoms with E-state index in [9.17, 15) is 8.78 Å². The summed E-state index contributed by atoms with van der Waals surface area (Å²) in [5, 5.41) is 0.805. The normalized spacial score (nSPS) is 11.8. The summed E-state index contributed by atoms with van der Waals surface area (Å²) in [5.74, 6) is -2.17. The first kappa shape index (κ1) is 17.2. The van der Waals surface area contributed by atoms with E-state index >= 15 is 0 Å². The molecule has 0 aliphatic rings. The standard InChI is InChI=1S/C14H20BrF2NO2/c1-18(8-4-7-15)10-14(16,17)11-5-6-12(19-2)13(9-11)20-3/h5-6,9H,4,7-8,10H2,1-3H3. The first-order valence-electron chi connectivity index (χ1n) is 6.29. The van der Waals surface area contributed by atoms with E-state index in [1.54, 1.807) is 11.9 Å². The van der Waals surface area contributed by atoms with Gasteiger partial charge < -0.3 is 14.4 Å². The van der Waals surface area contributed by atoms with Gasteiger partial charge in [-0.25, -0.2) is 0 Å². The Morgan fingerprint density at radius 3 is 2.40 bits per heavy atom. The minimum absolute atomic E-state index is 0.0687. The highest BCUT2D eigenvalue weighted by molar-refractivity contribution is 9.09. The molecule has 0 spiro atoms. The van der Waals surface area contributed by atoms with E-state index in [1.165, 1.54) is 32.4 Å². The van der Waals surface area contributed by atoms with Gasteiger partial charge in [0.25, 0.3) is 5.92 Å². The van der Waals surface area contributed by atoms with E-state index in [-0.39, 0.29) is 12.1 Å². The van der Waals surface area contributed by atoms with Crippen LogP contribution in [0.15, 0.2) is 18.2 Å². The summed E-state index contributed by atoms with van der Waals surface area (Å²) in [6.45, 7) is 0.295. The zero-order valence-corrected chi connectivity index (χ0v) is 13.5. The van der Waals surface area contributed by atoms with Crippen molar-refractivity contribution >= 4 is 15.9 Å². The first-order valence-corrected chi connectivity index (χ1v) is 7.41. The van der Waals surface area contributed by atoms with Gasteiger partial charge >= 0.3 is 0 Å². The lowest BCUT2D eigenvalue weighted by atomic mass is 10.1. The van der Waals surface area contributed by atoms with E-state index in [4.69, 9.17) is 9.47 Å². The number of nitrogens with zero attached hydrogens (tertiary/aromatic N) is 1. The fourth-order valence-corrected chi connectivity index (χ4v) is 2.15.